The van der Waals surface area contributed by atoms with E-state index < -0.39 is 17.5 Å². The summed E-state index contributed by atoms with van der Waals surface area (Å²) in [7, 11) is 1.54. The molecule has 2 N–H and O–H groups in total. The average Bonchev–Trinajstić information content (AvgIpc) is 2.24. The minimum Gasteiger partial charge on any atom is -0.497 e. The van der Waals surface area contributed by atoms with Gasteiger partial charge >= 0.3 is 5.97 Å². The van der Waals surface area contributed by atoms with Crippen LogP contribution in [0, 0.1) is 0 Å². The van der Waals surface area contributed by atoms with E-state index in [9.17, 15) is 15.0 Å². The van der Waals surface area contributed by atoms with Crippen molar-refractivity contribution in [2.75, 3.05) is 7.11 Å². The topological polar surface area (TPSA) is 66.8 Å². The zero-order valence-electron chi connectivity index (χ0n) is 9.01. The number of aliphatic hydroxyl groups excluding tert-OH is 1. The van der Waals surface area contributed by atoms with Crippen LogP contribution < -0.4 is 4.74 Å². The van der Waals surface area contributed by atoms with E-state index >= 15 is 0 Å². The summed E-state index contributed by atoms with van der Waals surface area (Å²) in [5.41, 5.74) is -0.238. The van der Waals surface area contributed by atoms with Crippen LogP contribution in [0.2, 0.25) is 0 Å². The van der Waals surface area contributed by atoms with Gasteiger partial charge in [-0.05, 0) is 30.5 Å². The van der Waals surface area contributed by atoms with Crippen molar-refractivity contribution >= 4 is 5.97 Å². The molecule has 1 aromatic rings. The molecule has 4 heteroatoms. The van der Waals surface area contributed by atoms with Crippen molar-refractivity contribution in [2.24, 2.45) is 0 Å². The fraction of sp³-hybridized carbons (Fsp3) is 0.417. The highest BCUT2D eigenvalue weighted by Crippen LogP contribution is 2.44. The molecule has 4 nitrogen and oxygen atoms in total. The van der Waals surface area contributed by atoms with Gasteiger partial charge < -0.3 is 14.9 Å². The molecule has 1 fully saturated rings. The Bertz CT molecular complexity index is 407. The van der Waals surface area contributed by atoms with Crippen LogP contribution >= 0.6 is 0 Å². The Balaban J connectivity index is 2.37. The largest absolute Gasteiger partial charge is 0.497 e. The molecule has 0 atom stereocenters. The summed E-state index contributed by atoms with van der Waals surface area (Å²) in [5, 5.41) is 18.6. The van der Waals surface area contributed by atoms with Crippen LogP contribution in [0.15, 0.2) is 24.3 Å². The third kappa shape index (κ3) is 1.55. The molecule has 1 aliphatic carbocycles. The van der Waals surface area contributed by atoms with Crippen molar-refractivity contribution in [1.29, 1.82) is 0 Å². The molecule has 0 bridgehead atoms. The lowest BCUT2D eigenvalue weighted by atomic mass is 9.63. The molecule has 2 rings (SSSR count). The van der Waals surface area contributed by atoms with E-state index in [0.29, 0.717) is 11.3 Å². The second-order valence-electron chi connectivity index (χ2n) is 4.18. The zero-order valence-corrected chi connectivity index (χ0v) is 9.01. The van der Waals surface area contributed by atoms with E-state index in [1.807, 2.05) is 0 Å². The quantitative estimate of drug-likeness (QED) is 0.805. The molecular formula is C12H14O4. The van der Waals surface area contributed by atoms with Crippen molar-refractivity contribution in [2.45, 2.75) is 24.4 Å². The van der Waals surface area contributed by atoms with Crippen molar-refractivity contribution < 1.29 is 19.7 Å². The number of hydrogen-bond donors (Lipinski definition) is 2. The maximum absolute atomic E-state index is 11.3. The van der Waals surface area contributed by atoms with Gasteiger partial charge in [0.05, 0.1) is 18.6 Å². The number of rotatable bonds is 3. The molecule has 86 valence electrons. The summed E-state index contributed by atoms with van der Waals surface area (Å²) in [5.74, 6) is -0.245. The van der Waals surface area contributed by atoms with Crippen LogP contribution in [-0.4, -0.2) is 29.4 Å². The Morgan fingerprint density at radius 1 is 1.50 bits per heavy atom. The van der Waals surface area contributed by atoms with Gasteiger partial charge in [0.1, 0.15) is 5.75 Å². The highest BCUT2D eigenvalue weighted by atomic mass is 16.5. The van der Waals surface area contributed by atoms with Crippen LogP contribution in [0.3, 0.4) is 0 Å². The maximum Gasteiger partial charge on any atom is 0.314 e. The first-order valence-electron chi connectivity index (χ1n) is 5.14. The minimum atomic E-state index is -0.937. The van der Waals surface area contributed by atoms with Crippen LogP contribution in [0.25, 0.3) is 0 Å². The molecule has 16 heavy (non-hydrogen) atoms. The molecule has 0 saturated heterocycles. The van der Waals surface area contributed by atoms with Crippen molar-refractivity contribution in [3.05, 3.63) is 29.8 Å². The predicted octanol–water partition coefficient (Wildman–Crippen LogP) is 1.17. The third-order valence-corrected chi connectivity index (χ3v) is 3.20. The summed E-state index contributed by atoms with van der Waals surface area (Å²) < 4.78 is 5.07. The average molecular weight is 222 g/mol. The molecular weight excluding hydrogens is 208 g/mol. The zero-order chi connectivity index (χ0) is 11.8. The van der Waals surface area contributed by atoms with Gasteiger partial charge in [-0.15, -0.1) is 0 Å². The van der Waals surface area contributed by atoms with Gasteiger partial charge in [-0.2, -0.15) is 0 Å². The number of carboxylic acids is 1. The number of carboxylic acid groups (broad SMARTS) is 1. The predicted molar refractivity (Wildman–Crippen MR) is 57.5 cm³/mol. The fourth-order valence-electron chi connectivity index (χ4n) is 2.20. The van der Waals surface area contributed by atoms with E-state index in [2.05, 4.69) is 0 Å². The van der Waals surface area contributed by atoms with Crippen molar-refractivity contribution in [1.82, 2.24) is 0 Å². The molecule has 1 aliphatic rings. The Labute approximate surface area is 93.5 Å². The highest BCUT2D eigenvalue weighted by Gasteiger charge is 2.51. The molecule has 1 saturated carbocycles. The first kappa shape index (κ1) is 11.0. The summed E-state index contributed by atoms with van der Waals surface area (Å²) in [4.78, 5) is 11.3. The van der Waals surface area contributed by atoms with Gasteiger partial charge in [0, 0.05) is 0 Å². The van der Waals surface area contributed by atoms with Gasteiger partial charge in [-0.3, -0.25) is 4.79 Å². The molecule has 0 aliphatic heterocycles. The summed E-state index contributed by atoms with van der Waals surface area (Å²) in [6, 6.07) is 7.03. The normalized spacial score (nSPS) is 28.2. The van der Waals surface area contributed by atoms with Gasteiger partial charge in [0.25, 0.3) is 0 Å². The molecule has 0 unspecified atom stereocenters. The van der Waals surface area contributed by atoms with E-state index in [4.69, 9.17) is 4.74 Å². The summed E-state index contributed by atoms with van der Waals surface area (Å²) in [6.45, 7) is 0. The third-order valence-electron chi connectivity index (χ3n) is 3.20. The van der Waals surface area contributed by atoms with Crippen LogP contribution in [-0.2, 0) is 10.2 Å². The van der Waals surface area contributed by atoms with Gasteiger partial charge in [-0.1, -0.05) is 12.1 Å². The Hall–Kier alpha value is -1.55. The van der Waals surface area contributed by atoms with Gasteiger partial charge in [0.15, 0.2) is 0 Å². The molecule has 0 aromatic heterocycles. The summed E-state index contributed by atoms with van der Waals surface area (Å²) >= 11 is 0. The van der Waals surface area contributed by atoms with E-state index in [1.54, 1.807) is 31.4 Å². The first-order valence-corrected chi connectivity index (χ1v) is 5.14. The first-order chi connectivity index (χ1) is 7.58. The fourth-order valence-corrected chi connectivity index (χ4v) is 2.20. The number of carbonyl (C=O) groups is 1. The number of benzene rings is 1. The van der Waals surface area contributed by atoms with Crippen LogP contribution in [0.1, 0.15) is 18.4 Å². The monoisotopic (exact) mass is 222 g/mol. The van der Waals surface area contributed by atoms with Crippen molar-refractivity contribution in [3.63, 3.8) is 0 Å². The molecule has 0 spiro atoms. The standard InChI is InChI=1S/C12H14O4/c1-16-10-4-2-3-8(5-10)12(11(14)15)6-9(13)7-12/h2-5,9,13H,6-7H2,1H3,(H,14,15)/t9-,12+. The molecule has 0 radical (unpaired) electrons. The van der Waals surface area contributed by atoms with E-state index in [-0.39, 0.29) is 12.8 Å². The number of methoxy groups -OCH3 is 1. The highest BCUT2D eigenvalue weighted by molar-refractivity contribution is 5.83. The molecule has 0 amide bonds. The van der Waals surface area contributed by atoms with Gasteiger partial charge in [0.2, 0.25) is 0 Å². The van der Waals surface area contributed by atoms with Crippen LogP contribution in [0.5, 0.6) is 5.75 Å². The minimum absolute atomic E-state index is 0.273. The van der Waals surface area contributed by atoms with Gasteiger partial charge in [-0.25, -0.2) is 0 Å². The molecule has 1 aromatic carbocycles. The summed E-state index contributed by atoms with van der Waals surface area (Å²) in [6.07, 6.45) is 0.0349. The maximum atomic E-state index is 11.3. The van der Waals surface area contributed by atoms with E-state index in [0.717, 1.165) is 0 Å². The lowest BCUT2D eigenvalue weighted by Gasteiger charge is -2.42. The Morgan fingerprint density at radius 3 is 2.69 bits per heavy atom. The number of ether oxygens (including phenoxy) is 1. The van der Waals surface area contributed by atoms with E-state index in [1.165, 1.54) is 0 Å². The number of hydrogen-bond acceptors (Lipinski definition) is 3. The lowest BCUT2D eigenvalue weighted by Crippen LogP contribution is -2.50. The molecule has 0 heterocycles. The lowest BCUT2D eigenvalue weighted by molar-refractivity contribution is -0.152. The number of aliphatic carboxylic acids is 1. The van der Waals surface area contributed by atoms with Crippen LogP contribution in [0.4, 0.5) is 0 Å². The second-order valence-corrected chi connectivity index (χ2v) is 4.18. The second kappa shape index (κ2) is 3.79. The SMILES string of the molecule is COc1cccc([C@]2(C(=O)O)C[C@@H](O)C2)c1. The van der Waals surface area contributed by atoms with Crippen molar-refractivity contribution in [3.8, 4) is 5.75 Å². The Kier molecular flexibility index (Phi) is 2.59. The number of aliphatic hydroxyl groups is 1. The Morgan fingerprint density at radius 2 is 2.19 bits per heavy atom. The smallest absolute Gasteiger partial charge is 0.314 e.